The summed E-state index contributed by atoms with van der Waals surface area (Å²) >= 11 is 6.44. The maximum absolute atomic E-state index is 12.0. The quantitative estimate of drug-likeness (QED) is 0.657. The number of aromatic nitrogens is 3. The molecule has 3 aromatic rings. The summed E-state index contributed by atoms with van der Waals surface area (Å²) in [5.74, 6) is -0.410. The molecule has 142 valence electrons. The van der Waals surface area contributed by atoms with E-state index in [4.69, 9.17) is 16.3 Å². The van der Waals surface area contributed by atoms with Crippen molar-refractivity contribution in [3.63, 3.8) is 0 Å². The Kier molecular flexibility index (Phi) is 4.66. The molecule has 4 rings (SSSR count). The summed E-state index contributed by atoms with van der Waals surface area (Å²) < 4.78 is 5.30. The highest BCUT2D eigenvalue weighted by atomic mass is 35.5. The second-order valence-electron chi connectivity index (χ2n) is 6.41. The largest absolute Gasteiger partial charge is 0.379 e. The maximum Gasteiger partial charge on any atom is 0.314 e. The zero-order valence-corrected chi connectivity index (χ0v) is 15.9. The van der Waals surface area contributed by atoms with Gasteiger partial charge in [-0.25, -0.2) is 0 Å². The Hall–Kier alpha value is -3.10. The number of rotatable bonds is 4. The fraction of sp³-hybridized carbons (Fsp3) is 0.211. The van der Waals surface area contributed by atoms with Crippen molar-refractivity contribution >= 4 is 34.1 Å². The Morgan fingerprint density at radius 3 is 2.71 bits per heavy atom. The maximum atomic E-state index is 12.0. The van der Waals surface area contributed by atoms with Gasteiger partial charge in [0.2, 0.25) is 0 Å². The van der Waals surface area contributed by atoms with Crippen molar-refractivity contribution in [2.24, 2.45) is 10.2 Å². The van der Waals surface area contributed by atoms with E-state index in [2.05, 4.69) is 25.2 Å². The molecule has 28 heavy (non-hydrogen) atoms. The SMILES string of the molecule is COCC1=NN=C(c2cccnc2)C1c1c(C)c(Cl)cc2[nH]c(=O)c(=O)[nH]c12. The van der Waals surface area contributed by atoms with Crippen LogP contribution in [0.2, 0.25) is 5.02 Å². The molecule has 1 aliphatic heterocycles. The molecule has 2 N–H and O–H groups in total. The predicted molar refractivity (Wildman–Crippen MR) is 108 cm³/mol. The Labute approximate surface area is 164 Å². The van der Waals surface area contributed by atoms with Gasteiger partial charge in [-0.1, -0.05) is 11.6 Å². The summed E-state index contributed by atoms with van der Waals surface area (Å²) in [6.07, 6.45) is 3.37. The molecular weight excluding hydrogens is 382 g/mol. The standard InChI is InChI=1S/C19H16ClN5O3/c1-9-11(20)6-12-17(23-19(27)18(26)22-12)14(9)15-13(8-28-2)24-25-16(15)10-4-3-5-21-7-10/h3-7,15H,8H2,1-2H3,(H,22,26)(H,23,27). The third-order valence-corrected chi connectivity index (χ3v) is 5.09. The van der Waals surface area contributed by atoms with Crippen LogP contribution in [-0.4, -0.2) is 40.1 Å². The third-order valence-electron chi connectivity index (χ3n) is 4.70. The number of halogens is 1. The molecule has 0 bridgehead atoms. The van der Waals surface area contributed by atoms with Crippen LogP contribution in [-0.2, 0) is 4.74 Å². The minimum Gasteiger partial charge on any atom is -0.379 e. The van der Waals surface area contributed by atoms with E-state index in [-0.39, 0.29) is 6.61 Å². The number of hydrogen-bond donors (Lipinski definition) is 2. The number of benzene rings is 1. The molecular formula is C19H16ClN5O3. The van der Waals surface area contributed by atoms with Crippen molar-refractivity contribution in [3.8, 4) is 0 Å². The molecule has 0 aliphatic carbocycles. The minimum atomic E-state index is -0.739. The molecule has 0 radical (unpaired) electrons. The number of nitrogens with zero attached hydrogens (tertiary/aromatic N) is 3. The Morgan fingerprint density at radius 1 is 1.21 bits per heavy atom. The molecule has 0 spiro atoms. The number of H-pyrrole nitrogens is 2. The first-order chi connectivity index (χ1) is 13.5. The lowest BCUT2D eigenvalue weighted by atomic mass is 9.84. The van der Waals surface area contributed by atoms with E-state index < -0.39 is 17.0 Å². The number of nitrogens with one attached hydrogen (secondary N) is 2. The van der Waals surface area contributed by atoms with E-state index in [0.29, 0.717) is 33.0 Å². The summed E-state index contributed by atoms with van der Waals surface area (Å²) in [4.78, 5) is 33.3. The zero-order valence-electron chi connectivity index (χ0n) is 15.1. The molecule has 1 atom stereocenters. The van der Waals surface area contributed by atoms with Crippen molar-refractivity contribution < 1.29 is 4.74 Å². The lowest BCUT2D eigenvalue weighted by Crippen LogP contribution is -2.31. The minimum absolute atomic E-state index is 0.249. The van der Waals surface area contributed by atoms with Crippen LogP contribution in [0.15, 0.2) is 50.4 Å². The van der Waals surface area contributed by atoms with Gasteiger partial charge in [0.25, 0.3) is 0 Å². The number of pyridine rings is 1. The van der Waals surface area contributed by atoms with Crippen LogP contribution >= 0.6 is 11.6 Å². The molecule has 0 saturated heterocycles. The monoisotopic (exact) mass is 397 g/mol. The second kappa shape index (κ2) is 7.14. The fourth-order valence-electron chi connectivity index (χ4n) is 3.41. The van der Waals surface area contributed by atoms with E-state index in [1.807, 2.05) is 19.1 Å². The van der Waals surface area contributed by atoms with E-state index >= 15 is 0 Å². The second-order valence-corrected chi connectivity index (χ2v) is 6.82. The van der Waals surface area contributed by atoms with Crippen molar-refractivity contribution in [2.75, 3.05) is 13.7 Å². The highest BCUT2D eigenvalue weighted by Crippen LogP contribution is 2.36. The van der Waals surface area contributed by atoms with Crippen LogP contribution in [0.5, 0.6) is 0 Å². The van der Waals surface area contributed by atoms with Gasteiger partial charge in [0.15, 0.2) is 0 Å². The predicted octanol–water partition coefficient (Wildman–Crippen LogP) is 2.16. The first-order valence-corrected chi connectivity index (χ1v) is 8.88. The van der Waals surface area contributed by atoms with Crippen LogP contribution in [0.4, 0.5) is 0 Å². The van der Waals surface area contributed by atoms with Gasteiger partial charge in [-0.05, 0) is 36.2 Å². The van der Waals surface area contributed by atoms with Gasteiger partial charge in [0, 0.05) is 30.1 Å². The van der Waals surface area contributed by atoms with Crippen molar-refractivity contribution in [1.29, 1.82) is 0 Å². The highest BCUT2D eigenvalue weighted by Gasteiger charge is 2.33. The summed E-state index contributed by atoms with van der Waals surface area (Å²) in [5, 5.41) is 9.12. The van der Waals surface area contributed by atoms with E-state index in [1.54, 1.807) is 25.6 Å². The Bertz CT molecular complexity index is 1240. The lowest BCUT2D eigenvalue weighted by molar-refractivity contribution is 0.244. The summed E-state index contributed by atoms with van der Waals surface area (Å²) in [6.45, 7) is 2.10. The first-order valence-electron chi connectivity index (χ1n) is 8.50. The lowest BCUT2D eigenvalue weighted by Gasteiger charge is -2.21. The van der Waals surface area contributed by atoms with Crippen LogP contribution in [0.1, 0.15) is 22.6 Å². The summed E-state index contributed by atoms with van der Waals surface area (Å²) in [5.41, 5.74) is 3.04. The molecule has 1 aliphatic rings. The Balaban J connectivity index is 2.02. The van der Waals surface area contributed by atoms with Crippen LogP contribution < -0.4 is 11.1 Å². The van der Waals surface area contributed by atoms with Gasteiger partial charge in [0.1, 0.15) is 0 Å². The van der Waals surface area contributed by atoms with Crippen molar-refractivity contribution in [2.45, 2.75) is 12.8 Å². The molecule has 3 heterocycles. The zero-order chi connectivity index (χ0) is 19.8. The molecule has 1 unspecified atom stereocenters. The molecule has 0 saturated carbocycles. The molecule has 9 heteroatoms. The third kappa shape index (κ3) is 2.96. The smallest absolute Gasteiger partial charge is 0.314 e. The molecule has 8 nitrogen and oxygen atoms in total. The average molecular weight is 398 g/mol. The average Bonchev–Trinajstić information content (AvgIpc) is 3.09. The molecule has 0 amide bonds. The van der Waals surface area contributed by atoms with Crippen LogP contribution in [0, 0.1) is 6.92 Å². The van der Waals surface area contributed by atoms with Crippen LogP contribution in [0.25, 0.3) is 11.0 Å². The van der Waals surface area contributed by atoms with Gasteiger partial charge in [-0.2, -0.15) is 10.2 Å². The van der Waals surface area contributed by atoms with Gasteiger partial charge < -0.3 is 14.7 Å². The molecule has 1 aromatic carbocycles. The number of aromatic amines is 2. The number of ether oxygens (including phenoxy) is 1. The first kappa shape index (κ1) is 18.3. The fourth-order valence-corrected chi connectivity index (χ4v) is 3.62. The Morgan fingerprint density at radius 2 is 2.00 bits per heavy atom. The van der Waals surface area contributed by atoms with Gasteiger partial charge in [-0.15, -0.1) is 0 Å². The number of fused-ring (bicyclic) bond motifs is 1. The highest BCUT2D eigenvalue weighted by molar-refractivity contribution is 6.33. The summed E-state index contributed by atoms with van der Waals surface area (Å²) in [7, 11) is 1.57. The van der Waals surface area contributed by atoms with Gasteiger partial charge in [-0.3, -0.25) is 14.6 Å². The van der Waals surface area contributed by atoms with Crippen molar-refractivity contribution in [3.05, 3.63) is 73.0 Å². The van der Waals surface area contributed by atoms with E-state index in [0.717, 1.165) is 11.1 Å². The van der Waals surface area contributed by atoms with Gasteiger partial charge in [0.05, 0.1) is 35.0 Å². The van der Waals surface area contributed by atoms with Crippen LogP contribution in [0.3, 0.4) is 0 Å². The molecule has 2 aromatic heterocycles. The normalized spacial score (nSPS) is 16.3. The number of methoxy groups -OCH3 is 1. The van der Waals surface area contributed by atoms with Gasteiger partial charge >= 0.3 is 11.1 Å². The van der Waals surface area contributed by atoms with E-state index in [1.165, 1.54) is 0 Å². The van der Waals surface area contributed by atoms with E-state index in [9.17, 15) is 9.59 Å². The topological polar surface area (TPSA) is 113 Å². The number of hydrogen-bond acceptors (Lipinski definition) is 6. The molecule has 0 fully saturated rings. The summed E-state index contributed by atoms with van der Waals surface area (Å²) in [6, 6.07) is 5.32. The van der Waals surface area contributed by atoms with Crippen molar-refractivity contribution in [1.82, 2.24) is 15.0 Å².